The fourth-order valence-electron chi connectivity index (χ4n) is 3.62. The highest BCUT2D eigenvalue weighted by Crippen LogP contribution is 2.29. The van der Waals surface area contributed by atoms with Crippen molar-refractivity contribution < 1.29 is 9.90 Å². The van der Waals surface area contributed by atoms with Crippen LogP contribution in [0.1, 0.15) is 34.3 Å². The van der Waals surface area contributed by atoms with Gasteiger partial charge in [0.25, 0.3) is 0 Å². The summed E-state index contributed by atoms with van der Waals surface area (Å²) in [5.41, 5.74) is 5.09. The molecule has 0 atom stereocenters. The summed E-state index contributed by atoms with van der Waals surface area (Å²) in [6.07, 6.45) is 4.04. The van der Waals surface area contributed by atoms with Crippen molar-refractivity contribution >= 4 is 16.9 Å². The number of aromatic nitrogens is 2. The average Bonchev–Trinajstić information content (AvgIpc) is 3.52. The molecule has 4 nitrogen and oxygen atoms in total. The minimum absolute atomic E-state index is 0.250. The molecule has 0 spiro atoms. The van der Waals surface area contributed by atoms with E-state index in [1.165, 1.54) is 5.56 Å². The Morgan fingerprint density at radius 2 is 1.73 bits per heavy atom. The Morgan fingerprint density at radius 3 is 2.43 bits per heavy atom. The van der Waals surface area contributed by atoms with Crippen LogP contribution in [0.15, 0.2) is 72.9 Å². The van der Waals surface area contributed by atoms with E-state index >= 15 is 0 Å². The van der Waals surface area contributed by atoms with Crippen LogP contribution in [-0.4, -0.2) is 20.9 Å². The van der Waals surface area contributed by atoms with Gasteiger partial charge in [0, 0.05) is 16.9 Å². The van der Waals surface area contributed by atoms with E-state index in [-0.39, 0.29) is 5.56 Å². The Kier molecular flexibility index (Phi) is 4.57. The molecule has 0 unspecified atom stereocenters. The molecule has 0 radical (unpaired) electrons. The van der Waals surface area contributed by atoms with Gasteiger partial charge in [-0.1, -0.05) is 66.4 Å². The van der Waals surface area contributed by atoms with Crippen molar-refractivity contribution in [3.8, 4) is 23.0 Å². The van der Waals surface area contributed by atoms with Crippen LogP contribution in [0.4, 0.5) is 0 Å². The quantitative estimate of drug-likeness (QED) is 0.485. The Labute approximate surface area is 174 Å². The maximum Gasteiger partial charge on any atom is 0.337 e. The zero-order valence-corrected chi connectivity index (χ0v) is 16.4. The van der Waals surface area contributed by atoms with Crippen LogP contribution in [0.2, 0.25) is 0 Å². The van der Waals surface area contributed by atoms with E-state index in [0.29, 0.717) is 18.0 Å². The molecule has 0 aliphatic heterocycles. The summed E-state index contributed by atoms with van der Waals surface area (Å²) in [6.45, 7) is 0.498. The molecule has 0 bridgehead atoms. The monoisotopic (exact) mass is 392 g/mol. The first kappa shape index (κ1) is 18.2. The largest absolute Gasteiger partial charge is 0.478 e. The van der Waals surface area contributed by atoms with Crippen molar-refractivity contribution in [3.63, 3.8) is 0 Å². The average molecular weight is 392 g/mol. The predicted octanol–water partition coefficient (Wildman–Crippen LogP) is 5.21. The van der Waals surface area contributed by atoms with Gasteiger partial charge in [-0.15, -0.1) is 0 Å². The molecule has 4 heteroatoms. The fourth-order valence-corrected chi connectivity index (χ4v) is 3.62. The number of hydrogen-bond donors (Lipinski definition) is 1. The normalized spacial score (nSPS) is 13.1. The maximum absolute atomic E-state index is 11.8. The first-order chi connectivity index (χ1) is 14.7. The summed E-state index contributed by atoms with van der Waals surface area (Å²) in [5.74, 6) is 6.01. The van der Waals surface area contributed by atoms with E-state index in [1.54, 1.807) is 23.0 Å². The van der Waals surface area contributed by atoms with Crippen molar-refractivity contribution in [2.24, 2.45) is 5.92 Å². The fraction of sp³-hybridized carbons (Fsp3) is 0.154. The number of rotatable bonds is 4. The topological polar surface area (TPSA) is 55.1 Å². The van der Waals surface area contributed by atoms with E-state index in [9.17, 15) is 9.90 Å². The van der Waals surface area contributed by atoms with Gasteiger partial charge in [-0.25, -0.2) is 4.79 Å². The highest BCUT2D eigenvalue weighted by Gasteiger charge is 2.19. The molecule has 1 N–H and O–H groups in total. The van der Waals surface area contributed by atoms with Gasteiger partial charge >= 0.3 is 5.97 Å². The van der Waals surface area contributed by atoms with Gasteiger partial charge in [0.15, 0.2) is 0 Å². The number of benzene rings is 3. The zero-order chi connectivity index (χ0) is 20.5. The Morgan fingerprint density at radius 1 is 1.00 bits per heavy atom. The van der Waals surface area contributed by atoms with Crippen LogP contribution in [0.5, 0.6) is 0 Å². The van der Waals surface area contributed by atoms with Gasteiger partial charge in [0.2, 0.25) is 0 Å². The smallest absolute Gasteiger partial charge is 0.337 e. The number of fused-ring (bicyclic) bond motifs is 1. The van der Waals surface area contributed by atoms with Gasteiger partial charge in [0.1, 0.15) is 0 Å². The van der Waals surface area contributed by atoms with Crippen molar-refractivity contribution in [3.05, 3.63) is 89.6 Å². The molecular formula is C26H20N2O2. The van der Waals surface area contributed by atoms with E-state index in [0.717, 1.165) is 34.9 Å². The molecule has 5 rings (SSSR count). The molecule has 0 amide bonds. The second-order valence-electron chi connectivity index (χ2n) is 7.64. The molecule has 0 saturated heterocycles. The highest BCUT2D eigenvalue weighted by molar-refractivity contribution is 6.03. The number of hydrogen-bond acceptors (Lipinski definition) is 2. The van der Waals surface area contributed by atoms with Gasteiger partial charge in [-0.05, 0) is 41.7 Å². The summed E-state index contributed by atoms with van der Waals surface area (Å²) >= 11 is 0. The number of carboxylic acids is 1. The lowest BCUT2D eigenvalue weighted by Crippen LogP contribution is -2.06. The summed E-state index contributed by atoms with van der Waals surface area (Å²) < 4.78 is 1.76. The van der Waals surface area contributed by atoms with Crippen LogP contribution in [-0.2, 0) is 6.54 Å². The minimum atomic E-state index is -0.956. The molecule has 4 aromatic rings. The van der Waals surface area contributed by atoms with Crippen LogP contribution >= 0.6 is 0 Å². The van der Waals surface area contributed by atoms with Gasteiger partial charge in [0.05, 0.1) is 23.8 Å². The Balaban J connectivity index is 1.50. The molecular weight excluding hydrogens is 372 g/mol. The lowest BCUT2D eigenvalue weighted by atomic mass is 10.0. The lowest BCUT2D eigenvalue weighted by molar-refractivity contribution is 0.0698. The van der Waals surface area contributed by atoms with E-state index in [1.807, 2.05) is 18.2 Å². The number of nitrogens with zero attached hydrogens (tertiary/aromatic N) is 2. The minimum Gasteiger partial charge on any atom is -0.478 e. The predicted molar refractivity (Wildman–Crippen MR) is 117 cm³/mol. The molecule has 30 heavy (non-hydrogen) atoms. The summed E-state index contributed by atoms with van der Waals surface area (Å²) in [6, 6.07) is 21.9. The Hall–Kier alpha value is -3.84. The molecule has 1 aliphatic rings. The maximum atomic E-state index is 11.8. The van der Waals surface area contributed by atoms with Crippen LogP contribution in [0, 0.1) is 17.8 Å². The number of aromatic carboxylic acids is 1. The standard InChI is InChI=1S/C26H20N2O2/c29-26(30)23-15-14-22(13-8-18-6-7-18)24-16-27-28(25(23)24)17-19-9-11-21(12-10-19)20-4-2-1-3-5-20/h1-5,9-12,14-16,18H,6-7,17H2,(H,29,30). The van der Waals surface area contributed by atoms with Gasteiger partial charge < -0.3 is 5.11 Å². The van der Waals surface area contributed by atoms with Crippen LogP contribution in [0.25, 0.3) is 22.0 Å². The van der Waals surface area contributed by atoms with Crippen molar-refractivity contribution in [1.82, 2.24) is 9.78 Å². The van der Waals surface area contributed by atoms with Crippen molar-refractivity contribution in [1.29, 1.82) is 0 Å². The molecule has 1 saturated carbocycles. The van der Waals surface area contributed by atoms with Crippen LogP contribution < -0.4 is 0 Å². The van der Waals surface area contributed by atoms with Crippen molar-refractivity contribution in [2.75, 3.05) is 0 Å². The molecule has 1 fully saturated rings. The summed E-state index contributed by atoms with van der Waals surface area (Å²) in [4.78, 5) is 11.8. The SMILES string of the molecule is O=C(O)c1ccc(C#CC2CC2)c2cnn(Cc3ccc(-c4ccccc4)cc3)c12. The third kappa shape index (κ3) is 3.58. The molecule has 3 aromatic carbocycles. The lowest BCUT2D eigenvalue weighted by Gasteiger charge is -2.08. The first-order valence-electron chi connectivity index (χ1n) is 10.1. The summed E-state index contributed by atoms with van der Waals surface area (Å²) in [7, 11) is 0. The second kappa shape index (κ2) is 7.53. The Bertz CT molecular complexity index is 1290. The van der Waals surface area contributed by atoms with Gasteiger partial charge in [-0.3, -0.25) is 4.68 Å². The zero-order valence-electron chi connectivity index (χ0n) is 16.4. The van der Waals surface area contributed by atoms with Crippen LogP contribution in [0.3, 0.4) is 0 Å². The number of carbonyl (C=O) groups is 1. The van der Waals surface area contributed by atoms with E-state index in [2.05, 4.69) is 53.3 Å². The molecule has 1 heterocycles. The van der Waals surface area contributed by atoms with Gasteiger partial charge in [-0.2, -0.15) is 5.10 Å². The van der Waals surface area contributed by atoms with E-state index in [4.69, 9.17) is 0 Å². The van der Waals surface area contributed by atoms with E-state index < -0.39 is 5.97 Å². The molecule has 1 aliphatic carbocycles. The highest BCUT2D eigenvalue weighted by atomic mass is 16.4. The first-order valence-corrected chi connectivity index (χ1v) is 10.1. The molecule has 1 aromatic heterocycles. The molecule has 146 valence electrons. The van der Waals surface area contributed by atoms with Crippen molar-refractivity contribution in [2.45, 2.75) is 19.4 Å². The summed E-state index contributed by atoms with van der Waals surface area (Å²) in [5, 5.41) is 15.0. The number of carboxylic acid groups (broad SMARTS) is 1. The third-order valence-corrected chi connectivity index (χ3v) is 5.41. The third-order valence-electron chi connectivity index (χ3n) is 5.41. The second-order valence-corrected chi connectivity index (χ2v) is 7.64.